The van der Waals surface area contributed by atoms with Crippen molar-refractivity contribution in [3.8, 4) is 5.75 Å². The van der Waals surface area contributed by atoms with E-state index in [9.17, 15) is 4.79 Å². The van der Waals surface area contributed by atoms with Crippen LogP contribution in [0.15, 0.2) is 24.3 Å². The Morgan fingerprint density at radius 2 is 2.00 bits per heavy atom. The van der Waals surface area contributed by atoms with Gasteiger partial charge in [0, 0.05) is 12.5 Å². The predicted molar refractivity (Wildman–Crippen MR) is 77.9 cm³/mol. The third-order valence-corrected chi connectivity index (χ3v) is 3.80. The van der Waals surface area contributed by atoms with Crippen LogP contribution in [0.2, 0.25) is 0 Å². The van der Waals surface area contributed by atoms with Crippen LogP contribution in [-0.2, 0) is 0 Å². The van der Waals surface area contributed by atoms with Crippen LogP contribution < -0.4 is 4.74 Å². The van der Waals surface area contributed by atoms with Gasteiger partial charge in [0.15, 0.2) is 12.6 Å². The van der Waals surface area contributed by atoms with Crippen molar-refractivity contribution in [2.45, 2.75) is 26.2 Å². The zero-order chi connectivity index (χ0) is 14.4. The standard InChI is InChI=1S/C16H23NO3/c1-13(11-17-9-5-2-6-10-17)16(19)14-7-3-4-8-15(14)20-12-18/h3-4,7-8,13,18H,2,5-6,9-12H2,1H3. The van der Waals surface area contributed by atoms with Gasteiger partial charge in [-0.25, -0.2) is 0 Å². The Morgan fingerprint density at radius 1 is 1.30 bits per heavy atom. The van der Waals surface area contributed by atoms with Crippen LogP contribution in [-0.4, -0.2) is 42.2 Å². The summed E-state index contributed by atoms with van der Waals surface area (Å²) in [6.45, 7) is 4.53. The van der Waals surface area contributed by atoms with E-state index in [0.29, 0.717) is 11.3 Å². The first-order chi connectivity index (χ1) is 9.72. The van der Waals surface area contributed by atoms with Crippen molar-refractivity contribution in [3.05, 3.63) is 29.8 Å². The van der Waals surface area contributed by atoms with E-state index in [1.807, 2.05) is 13.0 Å². The molecule has 1 heterocycles. The minimum atomic E-state index is -0.412. The number of aliphatic hydroxyl groups is 1. The molecule has 1 N–H and O–H groups in total. The van der Waals surface area contributed by atoms with Gasteiger partial charge >= 0.3 is 0 Å². The van der Waals surface area contributed by atoms with Crippen molar-refractivity contribution in [1.29, 1.82) is 0 Å². The van der Waals surface area contributed by atoms with Crippen LogP contribution in [0.1, 0.15) is 36.5 Å². The van der Waals surface area contributed by atoms with E-state index in [-0.39, 0.29) is 11.7 Å². The molecular weight excluding hydrogens is 254 g/mol. The number of ketones is 1. The molecule has 0 bridgehead atoms. The second-order valence-corrected chi connectivity index (χ2v) is 5.40. The lowest BCUT2D eigenvalue weighted by molar-refractivity contribution is 0.0844. The van der Waals surface area contributed by atoms with Crippen LogP contribution in [0.4, 0.5) is 0 Å². The first-order valence-electron chi connectivity index (χ1n) is 7.31. The van der Waals surface area contributed by atoms with Gasteiger partial charge < -0.3 is 14.7 Å². The third-order valence-electron chi connectivity index (χ3n) is 3.80. The molecule has 2 rings (SSSR count). The smallest absolute Gasteiger partial charge is 0.186 e. The molecule has 0 spiro atoms. The number of Topliss-reactive ketones (excluding diaryl/α,β-unsaturated/α-hetero) is 1. The maximum Gasteiger partial charge on any atom is 0.186 e. The highest BCUT2D eigenvalue weighted by atomic mass is 16.6. The van der Waals surface area contributed by atoms with Gasteiger partial charge in [0.2, 0.25) is 0 Å². The van der Waals surface area contributed by atoms with Crippen LogP contribution in [0.25, 0.3) is 0 Å². The molecule has 110 valence electrons. The topological polar surface area (TPSA) is 49.8 Å². The van der Waals surface area contributed by atoms with Crippen molar-refractivity contribution in [2.75, 3.05) is 26.4 Å². The molecule has 4 nitrogen and oxygen atoms in total. The van der Waals surface area contributed by atoms with Gasteiger partial charge in [-0.3, -0.25) is 4.79 Å². The number of benzene rings is 1. The summed E-state index contributed by atoms with van der Waals surface area (Å²) in [7, 11) is 0. The van der Waals surface area contributed by atoms with E-state index >= 15 is 0 Å². The van der Waals surface area contributed by atoms with Crippen LogP contribution in [0, 0.1) is 5.92 Å². The summed E-state index contributed by atoms with van der Waals surface area (Å²) in [6.07, 6.45) is 3.75. The van der Waals surface area contributed by atoms with Gasteiger partial charge in [-0.05, 0) is 38.1 Å². The molecule has 0 saturated carbocycles. The maximum atomic E-state index is 12.5. The fraction of sp³-hybridized carbons (Fsp3) is 0.562. The second kappa shape index (κ2) is 7.41. The van der Waals surface area contributed by atoms with Crippen molar-refractivity contribution >= 4 is 5.78 Å². The van der Waals surface area contributed by atoms with Gasteiger partial charge in [0.1, 0.15) is 5.75 Å². The van der Waals surface area contributed by atoms with Crippen LogP contribution in [0.3, 0.4) is 0 Å². The number of para-hydroxylation sites is 1. The Hall–Kier alpha value is -1.39. The lowest BCUT2D eigenvalue weighted by Crippen LogP contribution is -2.35. The Labute approximate surface area is 120 Å². The monoisotopic (exact) mass is 277 g/mol. The van der Waals surface area contributed by atoms with Gasteiger partial charge in [0.05, 0.1) is 5.56 Å². The highest BCUT2D eigenvalue weighted by molar-refractivity contribution is 6.00. The zero-order valence-corrected chi connectivity index (χ0v) is 12.0. The molecule has 0 radical (unpaired) electrons. The van der Waals surface area contributed by atoms with E-state index in [2.05, 4.69) is 4.90 Å². The molecule has 4 heteroatoms. The molecule has 1 aromatic rings. The van der Waals surface area contributed by atoms with Gasteiger partial charge in [-0.1, -0.05) is 25.5 Å². The molecule has 1 aromatic carbocycles. The summed E-state index contributed by atoms with van der Waals surface area (Å²) in [5.41, 5.74) is 0.561. The van der Waals surface area contributed by atoms with Crippen LogP contribution in [0.5, 0.6) is 5.75 Å². The van der Waals surface area contributed by atoms with Crippen molar-refractivity contribution < 1.29 is 14.6 Å². The number of nitrogens with zero attached hydrogens (tertiary/aromatic N) is 1. The van der Waals surface area contributed by atoms with E-state index in [0.717, 1.165) is 19.6 Å². The average molecular weight is 277 g/mol. The largest absolute Gasteiger partial charge is 0.467 e. The summed E-state index contributed by atoms with van der Waals surface area (Å²) in [6, 6.07) is 7.11. The Bertz CT molecular complexity index is 441. The van der Waals surface area contributed by atoms with Crippen molar-refractivity contribution in [3.63, 3.8) is 0 Å². The summed E-state index contributed by atoms with van der Waals surface area (Å²) in [5.74, 6) is 0.488. The maximum absolute atomic E-state index is 12.5. The normalized spacial score (nSPS) is 17.7. The first kappa shape index (κ1) is 15.0. The molecule has 1 atom stereocenters. The highest BCUT2D eigenvalue weighted by Crippen LogP contribution is 2.22. The zero-order valence-electron chi connectivity index (χ0n) is 12.0. The Balaban J connectivity index is 2.02. The highest BCUT2D eigenvalue weighted by Gasteiger charge is 2.22. The number of carbonyl (C=O) groups excluding carboxylic acids is 1. The van der Waals surface area contributed by atoms with E-state index < -0.39 is 6.79 Å². The quantitative estimate of drug-likeness (QED) is 0.640. The van der Waals surface area contributed by atoms with Crippen molar-refractivity contribution in [2.24, 2.45) is 5.92 Å². The number of carbonyl (C=O) groups is 1. The molecule has 0 aliphatic carbocycles. The molecule has 1 saturated heterocycles. The van der Waals surface area contributed by atoms with E-state index in [1.165, 1.54) is 19.3 Å². The fourth-order valence-corrected chi connectivity index (χ4v) is 2.74. The Kier molecular flexibility index (Phi) is 5.56. The summed E-state index contributed by atoms with van der Waals surface area (Å²) < 4.78 is 5.12. The number of likely N-dealkylation sites (tertiary alicyclic amines) is 1. The molecule has 20 heavy (non-hydrogen) atoms. The number of piperidine rings is 1. The average Bonchev–Trinajstić information content (AvgIpc) is 2.48. The minimum absolute atomic E-state index is 0.0588. The molecule has 0 aromatic heterocycles. The number of ether oxygens (including phenoxy) is 1. The summed E-state index contributed by atoms with van der Waals surface area (Å²) in [4.78, 5) is 14.9. The van der Waals surface area contributed by atoms with E-state index in [1.54, 1.807) is 18.2 Å². The molecule has 1 aliphatic heterocycles. The number of hydrogen-bond acceptors (Lipinski definition) is 4. The first-order valence-corrected chi connectivity index (χ1v) is 7.31. The second-order valence-electron chi connectivity index (χ2n) is 5.40. The van der Waals surface area contributed by atoms with E-state index in [4.69, 9.17) is 9.84 Å². The summed E-state index contributed by atoms with van der Waals surface area (Å²) in [5, 5.41) is 8.88. The lowest BCUT2D eigenvalue weighted by Gasteiger charge is -2.28. The molecular formula is C16H23NO3. The minimum Gasteiger partial charge on any atom is -0.467 e. The predicted octanol–water partition coefficient (Wildman–Crippen LogP) is 2.32. The molecule has 1 unspecified atom stereocenters. The molecule has 1 aliphatic rings. The third kappa shape index (κ3) is 3.81. The SMILES string of the molecule is CC(CN1CCCCC1)C(=O)c1ccccc1OCO. The van der Waals surface area contributed by atoms with Gasteiger partial charge in [-0.15, -0.1) is 0 Å². The Morgan fingerprint density at radius 3 is 2.70 bits per heavy atom. The van der Waals surface area contributed by atoms with Gasteiger partial charge in [0.25, 0.3) is 0 Å². The number of rotatable bonds is 6. The lowest BCUT2D eigenvalue weighted by atomic mass is 9.97. The number of aliphatic hydroxyl groups excluding tert-OH is 1. The molecule has 0 amide bonds. The summed E-state index contributed by atoms with van der Waals surface area (Å²) >= 11 is 0. The van der Waals surface area contributed by atoms with Gasteiger partial charge in [-0.2, -0.15) is 0 Å². The number of hydrogen-bond donors (Lipinski definition) is 1. The van der Waals surface area contributed by atoms with Crippen LogP contribution >= 0.6 is 0 Å². The van der Waals surface area contributed by atoms with Crippen molar-refractivity contribution in [1.82, 2.24) is 4.90 Å². The molecule has 1 fully saturated rings. The fourth-order valence-electron chi connectivity index (χ4n) is 2.74.